The number of thioether (sulfide) groups is 1. The molecule has 0 aliphatic carbocycles. The van der Waals surface area contributed by atoms with Crippen molar-refractivity contribution in [2.45, 2.75) is 45.4 Å². The molecule has 1 heterocycles. The predicted molar refractivity (Wildman–Crippen MR) is 117 cm³/mol. The first-order chi connectivity index (χ1) is 13.9. The Morgan fingerprint density at radius 2 is 1.93 bits per heavy atom. The Morgan fingerprint density at radius 3 is 2.66 bits per heavy atom. The van der Waals surface area contributed by atoms with Crippen molar-refractivity contribution in [1.29, 1.82) is 0 Å². The Balaban J connectivity index is 1.47. The van der Waals surface area contributed by atoms with Gasteiger partial charge in [-0.15, -0.1) is 5.10 Å². The molecule has 0 radical (unpaired) electrons. The SMILES string of the molecule is Cc1cccc(NC(=O)CSc2n[nH]c(COc3ccc(C(C)C)cc3)n2)c1C. The monoisotopic (exact) mass is 410 g/mol. The topological polar surface area (TPSA) is 79.9 Å². The van der Waals surface area contributed by atoms with Crippen LogP contribution in [0.1, 0.15) is 42.3 Å². The standard InChI is InChI=1S/C22H26N4O2S/c1-14(2)17-8-10-18(11-9-17)28-12-20-24-22(26-25-20)29-13-21(27)23-19-7-5-6-15(3)16(19)4/h5-11,14H,12-13H2,1-4H3,(H,23,27)(H,24,25,26). The molecule has 0 saturated carbocycles. The fourth-order valence-electron chi connectivity index (χ4n) is 2.71. The van der Waals surface area contributed by atoms with Gasteiger partial charge in [0.15, 0.2) is 5.82 Å². The summed E-state index contributed by atoms with van der Waals surface area (Å²) >= 11 is 1.28. The minimum atomic E-state index is -0.0865. The van der Waals surface area contributed by atoms with Crippen LogP contribution in [0.5, 0.6) is 5.75 Å². The van der Waals surface area contributed by atoms with Gasteiger partial charge in [-0.25, -0.2) is 4.98 Å². The number of aromatic amines is 1. The number of carbonyl (C=O) groups is 1. The highest BCUT2D eigenvalue weighted by Crippen LogP contribution is 2.21. The van der Waals surface area contributed by atoms with E-state index >= 15 is 0 Å². The van der Waals surface area contributed by atoms with Gasteiger partial charge in [0, 0.05) is 5.69 Å². The molecular formula is C22H26N4O2S. The van der Waals surface area contributed by atoms with Crippen LogP contribution in [0.25, 0.3) is 0 Å². The number of hydrogen-bond donors (Lipinski definition) is 2. The number of ether oxygens (including phenoxy) is 1. The van der Waals surface area contributed by atoms with E-state index in [2.05, 4.69) is 46.5 Å². The average Bonchev–Trinajstić information content (AvgIpc) is 3.16. The number of carbonyl (C=O) groups excluding carboxylic acids is 1. The van der Waals surface area contributed by atoms with Gasteiger partial charge in [0.25, 0.3) is 0 Å². The lowest BCUT2D eigenvalue weighted by molar-refractivity contribution is -0.113. The summed E-state index contributed by atoms with van der Waals surface area (Å²) in [4.78, 5) is 16.6. The van der Waals surface area contributed by atoms with Crippen molar-refractivity contribution in [2.24, 2.45) is 0 Å². The minimum absolute atomic E-state index is 0.0865. The molecule has 6 nitrogen and oxygen atoms in total. The Labute approximate surface area is 175 Å². The zero-order valence-corrected chi connectivity index (χ0v) is 18.0. The van der Waals surface area contributed by atoms with Crippen molar-refractivity contribution in [3.63, 3.8) is 0 Å². The number of hydrogen-bond acceptors (Lipinski definition) is 5. The number of aromatic nitrogens is 3. The third kappa shape index (κ3) is 5.84. The zero-order chi connectivity index (χ0) is 20.8. The maximum Gasteiger partial charge on any atom is 0.234 e. The molecule has 0 spiro atoms. The second-order valence-corrected chi connectivity index (χ2v) is 8.10. The van der Waals surface area contributed by atoms with Crippen LogP contribution in [0.15, 0.2) is 47.6 Å². The number of nitrogens with one attached hydrogen (secondary N) is 2. The smallest absolute Gasteiger partial charge is 0.234 e. The Hall–Kier alpha value is -2.80. The molecule has 0 aliphatic rings. The normalized spacial score (nSPS) is 10.9. The fraction of sp³-hybridized carbons (Fsp3) is 0.318. The molecule has 0 bridgehead atoms. The Bertz CT molecular complexity index is 967. The van der Waals surface area contributed by atoms with Crippen molar-refractivity contribution < 1.29 is 9.53 Å². The van der Waals surface area contributed by atoms with Crippen LogP contribution in [0, 0.1) is 13.8 Å². The van der Waals surface area contributed by atoms with E-state index in [0.717, 1.165) is 22.6 Å². The minimum Gasteiger partial charge on any atom is -0.486 e. The second kappa shape index (κ2) is 9.60. The molecule has 29 heavy (non-hydrogen) atoms. The summed E-state index contributed by atoms with van der Waals surface area (Å²) in [6.45, 7) is 8.63. The predicted octanol–water partition coefficient (Wildman–Crippen LogP) is 4.85. The molecule has 2 aromatic carbocycles. The van der Waals surface area contributed by atoms with Crippen molar-refractivity contribution in [3.8, 4) is 5.75 Å². The van der Waals surface area contributed by atoms with Gasteiger partial charge in [0.1, 0.15) is 12.4 Å². The largest absolute Gasteiger partial charge is 0.486 e. The van der Waals surface area contributed by atoms with Crippen LogP contribution in [0.2, 0.25) is 0 Å². The van der Waals surface area contributed by atoms with Gasteiger partial charge in [0.2, 0.25) is 11.1 Å². The molecule has 0 fully saturated rings. The number of amides is 1. The summed E-state index contributed by atoms with van der Waals surface area (Å²) in [5, 5.41) is 10.5. The molecule has 0 aliphatic heterocycles. The van der Waals surface area contributed by atoms with Crippen molar-refractivity contribution in [3.05, 3.63) is 65.0 Å². The highest BCUT2D eigenvalue weighted by Gasteiger charge is 2.10. The molecule has 3 rings (SSSR count). The van der Waals surface area contributed by atoms with E-state index in [1.165, 1.54) is 17.3 Å². The summed E-state index contributed by atoms with van der Waals surface area (Å²) in [6.07, 6.45) is 0. The van der Waals surface area contributed by atoms with E-state index < -0.39 is 0 Å². The Morgan fingerprint density at radius 1 is 1.17 bits per heavy atom. The molecule has 2 N–H and O–H groups in total. The maximum absolute atomic E-state index is 12.2. The van der Waals surface area contributed by atoms with E-state index in [1.807, 2.05) is 44.2 Å². The second-order valence-electron chi connectivity index (χ2n) is 7.16. The zero-order valence-electron chi connectivity index (χ0n) is 17.2. The van der Waals surface area contributed by atoms with Crippen molar-refractivity contribution in [1.82, 2.24) is 15.2 Å². The number of H-pyrrole nitrogens is 1. The van der Waals surface area contributed by atoms with Gasteiger partial charge >= 0.3 is 0 Å². The van der Waals surface area contributed by atoms with Crippen LogP contribution in [0.4, 0.5) is 5.69 Å². The van der Waals surface area contributed by atoms with Crippen LogP contribution < -0.4 is 10.1 Å². The van der Waals surface area contributed by atoms with E-state index in [4.69, 9.17) is 4.74 Å². The third-order valence-electron chi connectivity index (χ3n) is 4.64. The van der Waals surface area contributed by atoms with Gasteiger partial charge in [-0.3, -0.25) is 9.89 Å². The summed E-state index contributed by atoms with van der Waals surface area (Å²) < 4.78 is 5.75. The average molecular weight is 411 g/mol. The molecule has 0 unspecified atom stereocenters. The van der Waals surface area contributed by atoms with E-state index in [9.17, 15) is 4.79 Å². The van der Waals surface area contributed by atoms with Crippen LogP contribution in [-0.2, 0) is 11.4 Å². The van der Waals surface area contributed by atoms with Gasteiger partial charge in [-0.2, -0.15) is 0 Å². The lowest BCUT2D eigenvalue weighted by atomic mass is 10.0. The molecule has 0 atom stereocenters. The van der Waals surface area contributed by atoms with Gasteiger partial charge in [-0.1, -0.05) is 49.9 Å². The van der Waals surface area contributed by atoms with E-state index in [0.29, 0.717) is 23.5 Å². The molecule has 3 aromatic rings. The van der Waals surface area contributed by atoms with Crippen molar-refractivity contribution >= 4 is 23.4 Å². The summed E-state index contributed by atoms with van der Waals surface area (Å²) in [5.41, 5.74) is 4.33. The number of benzene rings is 2. The lowest BCUT2D eigenvalue weighted by Crippen LogP contribution is -2.15. The quantitative estimate of drug-likeness (QED) is 0.519. The molecule has 0 saturated heterocycles. The number of rotatable bonds is 8. The summed E-state index contributed by atoms with van der Waals surface area (Å²) in [7, 11) is 0. The van der Waals surface area contributed by atoms with Crippen LogP contribution in [-0.4, -0.2) is 26.8 Å². The molecule has 152 valence electrons. The molecule has 7 heteroatoms. The summed E-state index contributed by atoms with van der Waals surface area (Å²) in [6, 6.07) is 13.9. The van der Waals surface area contributed by atoms with Crippen molar-refractivity contribution in [2.75, 3.05) is 11.1 Å². The fourth-order valence-corrected chi connectivity index (χ4v) is 3.33. The first-order valence-corrected chi connectivity index (χ1v) is 10.5. The molecular weight excluding hydrogens is 384 g/mol. The highest BCUT2D eigenvalue weighted by molar-refractivity contribution is 7.99. The van der Waals surface area contributed by atoms with Gasteiger partial charge in [0.05, 0.1) is 5.75 Å². The highest BCUT2D eigenvalue weighted by atomic mass is 32.2. The molecule has 1 aromatic heterocycles. The van der Waals surface area contributed by atoms with Crippen LogP contribution >= 0.6 is 11.8 Å². The first-order valence-electron chi connectivity index (χ1n) is 9.55. The van der Waals surface area contributed by atoms with E-state index in [-0.39, 0.29) is 11.7 Å². The maximum atomic E-state index is 12.2. The van der Waals surface area contributed by atoms with E-state index in [1.54, 1.807) is 0 Å². The lowest BCUT2D eigenvalue weighted by Gasteiger charge is -2.09. The van der Waals surface area contributed by atoms with Crippen LogP contribution in [0.3, 0.4) is 0 Å². The first kappa shape index (κ1) is 20.9. The van der Waals surface area contributed by atoms with Gasteiger partial charge in [-0.05, 0) is 54.7 Å². The number of anilines is 1. The summed E-state index contributed by atoms with van der Waals surface area (Å²) in [5.74, 6) is 2.05. The number of nitrogens with zero attached hydrogens (tertiary/aromatic N) is 2. The van der Waals surface area contributed by atoms with Gasteiger partial charge < -0.3 is 10.1 Å². The molecule has 1 amide bonds. The number of aryl methyl sites for hydroxylation is 1. The third-order valence-corrected chi connectivity index (χ3v) is 5.49. The Kier molecular flexibility index (Phi) is 6.93.